The Balaban J connectivity index is 2.25. The van der Waals surface area contributed by atoms with E-state index in [1.54, 1.807) is 0 Å². The van der Waals surface area contributed by atoms with Gasteiger partial charge in [-0.2, -0.15) is 0 Å². The fourth-order valence-electron chi connectivity index (χ4n) is 2.72. The lowest BCUT2D eigenvalue weighted by Crippen LogP contribution is -2.43. The number of carbonyl (C=O) groups excluding carboxylic acids is 3. The van der Waals surface area contributed by atoms with Crippen molar-refractivity contribution in [1.29, 1.82) is 0 Å². The monoisotopic (exact) mass is 300 g/mol. The van der Waals surface area contributed by atoms with Crippen LogP contribution in [0.2, 0.25) is 0 Å². The molecule has 1 N–H and O–H groups in total. The highest BCUT2D eigenvalue weighted by Gasteiger charge is 2.47. The first-order valence-corrected chi connectivity index (χ1v) is 7.36. The van der Waals surface area contributed by atoms with Gasteiger partial charge in [0.25, 0.3) is 0 Å². The van der Waals surface area contributed by atoms with Crippen LogP contribution in [0, 0.1) is 11.3 Å². The van der Waals surface area contributed by atoms with Crippen molar-refractivity contribution in [3.05, 3.63) is 47.2 Å². The third-order valence-corrected chi connectivity index (χ3v) is 4.24. The number of benzene rings is 1. The molecule has 22 heavy (non-hydrogen) atoms. The average molecular weight is 300 g/mol. The first-order chi connectivity index (χ1) is 10.3. The third kappa shape index (κ3) is 2.73. The van der Waals surface area contributed by atoms with Gasteiger partial charge in [-0.1, -0.05) is 30.3 Å². The van der Waals surface area contributed by atoms with Crippen molar-refractivity contribution < 1.29 is 19.5 Å². The van der Waals surface area contributed by atoms with Crippen LogP contribution >= 0.6 is 0 Å². The predicted octanol–water partition coefficient (Wildman–Crippen LogP) is 2.81. The topological polar surface area (TPSA) is 71.4 Å². The molecular formula is C18H20O4. The maximum Gasteiger partial charge on any atom is 0.180 e. The van der Waals surface area contributed by atoms with E-state index in [1.165, 1.54) is 20.8 Å². The minimum Gasteiger partial charge on any atom is -0.510 e. The number of ketones is 3. The molecule has 2 rings (SSSR count). The highest BCUT2D eigenvalue weighted by Crippen LogP contribution is 2.37. The van der Waals surface area contributed by atoms with Crippen LogP contribution in [0.15, 0.2) is 41.7 Å². The number of carbonyl (C=O) groups is 3. The summed E-state index contributed by atoms with van der Waals surface area (Å²) in [5.41, 5.74) is -0.402. The maximum absolute atomic E-state index is 12.4. The standard InChI is InChI=1S/C18H20O4/c1-11-15(20)14(17(22)18(2,3)16(11)21)13(19)10-9-12-7-5-4-6-8-12/h4-8,11,22H,9-10H2,1-3H3. The van der Waals surface area contributed by atoms with Gasteiger partial charge < -0.3 is 5.11 Å². The molecule has 0 saturated heterocycles. The Bertz CT molecular complexity index is 653. The van der Waals surface area contributed by atoms with Crippen molar-refractivity contribution >= 4 is 17.3 Å². The molecule has 0 heterocycles. The number of allylic oxidation sites excluding steroid dienone is 2. The van der Waals surface area contributed by atoms with E-state index < -0.39 is 28.7 Å². The van der Waals surface area contributed by atoms with Crippen LogP contribution in [-0.4, -0.2) is 22.5 Å². The molecule has 0 radical (unpaired) electrons. The second-order valence-electron chi connectivity index (χ2n) is 6.21. The minimum atomic E-state index is -1.19. The second-order valence-corrected chi connectivity index (χ2v) is 6.21. The molecule has 0 aliphatic heterocycles. The van der Waals surface area contributed by atoms with E-state index >= 15 is 0 Å². The molecule has 1 unspecified atom stereocenters. The number of rotatable bonds is 4. The predicted molar refractivity (Wildman–Crippen MR) is 82.4 cm³/mol. The van der Waals surface area contributed by atoms with Gasteiger partial charge in [0.2, 0.25) is 0 Å². The van der Waals surface area contributed by atoms with E-state index in [0.717, 1.165) is 5.56 Å². The molecule has 0 spiro atoms. The van der Waals surface area contributed by atoms with E-state index in [1.807, 2.05) is 30.3 Å². The molecule has 1 aromatic rings. The molecule has 1 atom stereocenters. The van der Waals surface area contributed by atoms with Gasteiger partial charge in [0.1, 0.15) is 5.76 Å². The van der Waals surface area contributed by atoms with E-state index in [0.29, 0.717) is 6.42 Å². The molecule has 0 saturated carbocycles. The van der Waals surface area contributed by atoms with Gasteiger partial charge in [0, 0.05) is 6.42 Å². The van der Waals surface area contributed by atoms with E-state index in [4.69, 9.17) is 0 Å². The van der Waals surface area contributed by atoms with Crippen molar-refractivity contribution in [3.8, 4) is 0 Å². The summed E-state index contributed by atoms with van der Waals surface area (Å²) in [4.78, 5) is 36.7. The van der Waals surface area contributed by atoms with Crippen LogP contribution in [0.3, 0.4) is 0 Å². The number of hydrogen-bond donors (Lipinski definition) is 1. The summed E-state index contributed by atoms with van der Waals surface area (Å²) in [7, 11) is 0. The molecular weight excluding hydrogens is 280 g/mol. The molecule has 0 aromatic heterocycles. The fourth-order valence-corrected chi connectivity index (χ4v) is 2.72. The summed E-state index contributed by atoms with van der Waals surface area (Å²) in [5.74, 6) is -2.60. The number of aliphatic hydroxyl groups is 1. The van der Waals surface area contributed by atoms with Gasteiger partial charge in [-0.05, 0) is 32.8 Å². The van der Waals surface area contributed by atoms with Crippen molar-refractivity contribution in [2.45, 2.75) is 33.6 Å². The smallest absolute Gasteiger partial charge is 0.180 e. The normalized spacial score (nSPS) is 21.1. The Morgan fingerprint density at radius 2 is 1.77 bits per heavy atom. The van der Waals surface area contributed by atoms with Crippen LogP contribution < -0.4 is 0 Å². The average Bonchev–Trinajstić information content (AvgIpc) is 2.51. The van der Waals surface area contributed by atoms with Gasteiger partial charge in [0.15, 0.2) is 17.3 Å². The fraction of sp³-hybridized carbons (Fsp3) is 0.389. The maximum atomic E-state index is 12.4. The Hall–Kier alpha value is -2.23. The zero-order valence-electron chi connectivity index (χ0n) is 13.1. The highest BCUT2D eigenvalue weighted by atomic mass is 16.3. The highest BCUT2D eigenvalue weighted by molar-refractivity contribution is 6.28. The summed E-state index contributed by atoms with van der Waals surface area (Å²) in [5, 5.41) is 10.2. The second kappa shape index (κ2) is 5.87. The Morgan fingerprint density at radius 3 is 2.36 bits per heavy atom. The molecule has 0 fully saturated rings. The van der Waals surface area contributed by atoms with Crippen LogP contribution in [0.25, 0.3) is 0 Å². The lowest BCUT2D eigenvalue weighted by Gasteiger charge is -2.32. The molecule has 116 valence electrons. The zero-order chi connectivity index (χ0) is 16.5. The van der Waals surface area contributed by atoms with Crippen molar-refractivity contribution in [1.82, 2.24) is 0 Å². The minimum absolute atomic E-state index is 0.131. The van der Waals surface area contributed by atoms with Crippen LogP contribution in [0.5, 0.6) is 0 Å². The first-order valence-electron chi connectivity index (χ1n) is 7.36. The number of Topliss-reactive ketones (excluding diaryl/α,β-unsaturated/α-hetero) is 3. The summed E-state index contributed by atoms with van der Waals surface area (Å²) < 4.78 is 0. The van der Waals surface area contributed by atoms with Crippen molar-refractivity contribution in [2.24, 2.45) is 11.3 Å². The zero-order valence-corrected chi connectivity index (χ0v) is 13.1. The number of aliphatic hydroxyl groups excluding tert-OH is 1. The summed E-state index contributed by atoms with van der Waals surface area (Å²) >= 11 is 0. The summed E-state index contributed by atoms with van der Waals surface area (Å²) in [6, 6.07) is 9.46. The number of aryl methyl sites for hydroxylation is 1. The summed E-state index contributed by atoms with van der Waals surface area (Å²) in [6.45, 7) is 4.57. The van der Waals surface area contributed by atoms with Gasteiger partial charge in [-0.25, -0.2) is 0 Å². The van der Waals surface area contributed by atoms with Crippen molar-refractivity contribution in [2.75, 3.05) is 0 Å². The third-order valence-electron chi connectivity index (χ3n) is 4.24. The van der Waals surface area contributed by atoms with E-state index in [-0.39, 0.29) is 17.8 Å². The SMILES string of the molecule is CC1C(=O)C(C(=O)CCc2ccccc2)=C(O)C(C)(C)C1=O. The quantitative estimate of drug-likeness (QED) is 0.685. The van der Waals surface area contributed by atoms with Gasteiger partial charge in [-0.15, -0.1) is 0 Å². The molecule has 1 aliphatic rings. The molecule has 1 aliphatic carbocycles. The Morgan fingerprint density at radius 1 is 1.18 bits per heavy atom. The molecule has 0 amide bonds. The van der Waals surface area contributed by atoms with Crippen LogP contribution in [0.1, 0.15) is 32.8 Å². The molecule has 4 heteroatoms. The van der Waals surface area contributed by atoms with Crippen molar-refractivity contribution in [3.63, 3.8) is 0 Å². The number of hydrogen-bond acceptors (Lipinski definition) is 4. The lowest BCUT2D eigenvalue weighted by atomic mass is 9.70. The molecule has 0 bridgehead atoms. The first kappa shape index (κ1) is 16.1. The van der Waals surface area contributed by atoms with E-state index in [2.05, 4.69) is 0 Å². The van der Waals surface area contributed by atoms with E-state index in [9.17, 15) is 19.5 Å². The molecule has 4 nitrogen and oxygen atoms in total. The van der Waals surface area contributed by atoms with Crippen LogP contribution in [0.4, 0.5) is 0 Å². The summed E-state index contributed by atoms with van der Waals surface area (Å²) in [6.07, 6.45) is 0.624. The molecule has 1 aromatic carbocycles. The Kier molecular flexibility index (Phi) is 4.31. The van der Waals surface area contributed by atoms with Gasteiger partial charge in [-0.3, -0.25) is 14.4 Å². The van der Waals surface area contributed by atoms with Crippen LogP contribution in [-0.2, 0) is 20.8 Å². The van der Waals surface area contributed by atoms with Gasteiger partial charge >= 0.3 is 0 Å². The largest absolute Gasteiger partial charge is 0.510 e. The van der Waals surface area contributed by atoms with Gasteiger partial charge in [0.05, 0.1) is 16.9 Å². The lowest BCUT2D eigenvalue weighted by molar-refractivity contribution is -0.138. The Labute approximate surface area is 129 Å².